The van der Waals surface area contributed by atoms with Crippen molar-refractivity contribution < 1.29 is 14.3 Å². The number of rotatable bonds is 8. The molecule has 7 nitrogen and oxygen atoms in total. The summed E-state index contributed by atoms with van der Waals surface area (Å²) in [5, 5.41) is 17.4. The van der Waals surface area contributed by atoms with Crippen LogP contribution in [0.4, 0.5) is 0 Å². The van der Waals surface area contributed by atoms with Crippen molar-refractivity contribution in [3.8, 4) is 0 Å². The number of furan rings is 1. The van der Waals surface area contributed by atoms with Crippen molar-refractivity contribution in [2.24, 2.45) is 4.99 Å². The molecule has 0 amide bonds. The summed E-state index contributed by atoms with van der Waals surface area (Å²) in [6, 6.07) is 10.5. The van der Waals surface area contributed by atoms with Gasteiger partial charge in [0.05, 0.1) is 26.3 Å². The van der Waals surface area contributed by atoms with Gasteiger partial charge in [-0.3, -0.25) is 4.90 Å². The predicted octanol–water partition coefficient (Wildman–Crippen LogP) is 3.31. The van der Waals surface area contributed by atoms with E-state index in [0.717, 1.165) is 62.0 Å². The average molecular weight is 556 g/mol. The van der Waals surface area contributed by atoms with Gasteiger partial charge in [0.2, 0.25) is 0 Å². The summed E-state index contributed by atoms with van der Waals surface area (Å²) in [5.41, 5.74) is 2.20. The molecule has 1 fully saturated rings. The van der Waals surface area contributed by atoms with E-state index in [0.29, 0.717) is 19.0 Å². The molecule has 1 aromatic carbocycles. The van der Waals surface area contributed by atoms with Gasteiger partial charge in [-0.1, -0.05) is 24.3 Å². The molecular weight excluding hydrogens is 519 g/mol. The summed E-state index contributed by atoms with van der Waals surface area (Å²) in [6.45, 7) is 13.8. The summed E-state index contributed by atoms with van der Waals surface area (Å²) in [5.74, 6) is 2.21. The molecule has 3 rings (SSSR count). The lowest BCUT2D eigenvalue weighted by atomic mass is 9.96. The van der Waals surface area contributed by atoms with Crippen LogP contribution >= 0.6 is 24.0 Å². The van der Waals surface area contributed by atoms with Crippen molar-refractivity contribution in [1.82, 2.24) is 15.5 Å². The maximum Gasteiger partial charge on any atom is 0.191 e. The van der Waals surface area contributed by atoms with Gasteiger partial charge < -0.3 is 24.9 Å². The molecule has 1 unspecified atom stereocenters. The molecule has 0 spiro atoms. The summed E-state index contributed by atoms with van der Waals surface area (Å²) in [4.78, 5) is 7.10. The van der Waals surface area contributed by atoms with Crippen molar-refractivity contribution in [3.05, 3.63) is 58.5 Å². The number of aliphatic imine (C=N–C) groups is 1. The van der Waals surface area contributed by atoms with Gasteiger partial charge in [-0.25, -0.2) is 4.99 Å². The highest BCUT2D eigenvalue weighted by atomic mass is 127. The lowest BCUT2D eigenvalue weighted by molar-refractivity contribution is 0.0342. The number of hydrogen-bond donors (Lipinski definition) is 3. The lowest BCUT2D eigenvalue weighted by Gasteiger charge is -2.26. The molecule has 1 aliphatic heterocycles. The fourth-order valence-electron chi connectivity index (χ4n) is 3.80. The molecule has 2 aromatic rings. The average Bonchev–Trinajstić information content (AvgIpc) is 3.11. The second-order valence-corrected chi connectivity index (χ2v) is 8.35. The van der Waals surface area contributed by atoms with Crippen LogP contribution < -0.4 is 10.6 Å². The standard InChI is InChI=1S/C24H36N4O3.HI/c1-5-25-23(27-17-24(4,29)22-14-18(2)31-19(22)3)26-15-20-6-8-21(9-7-20)16-28-10-12-30-13-11-28;/h6-9,14,29H,5,10-13,15-17H2,1-4H3,(H2,25,26,27);1H. The third-order valence-corrected chi connectivity index (χ3v) is 5.52. The topological polar surface area (TPSA) is 82.3 Å². The lowest BCUT2D eigenvalue weighted by Crippen LogP contribution is -2.44. The SMILES string of the molecule is CCNC(=NCc1ccc(CN2CCOCC2)cc1)NCC(C)(O)c1cc(C)oc1C.I. The number of morpholine rings is 1. The first kappa shape index (κ1) is 26.6. The van der Waals surface area contributed by atoms with Gasteiger partial charge >= 0.3 is 0 Å². The Labute approximate surface area is 208 Å². The van der Waals surface area contributed by atoms with Gasteiger partial charge in [-0.15, -0.1) is 24.0 Å². The smallest absolute Gasteiger partial charge is 0.191 e. The van der Waals surface area contributed by atoms with Crippen LogP contribution in [0, 0.1) is 13.8 Å². The monoisotopic (exact) mass is 556 g/mol. The van der Waals surface area contributed by atoms with Crippen LogP contribution in [0.2, 0.25) is 0 Å². The Morgan fingerprint density at radius 2 is 1.78 bits per heavy atom. The molecule has 8 heteroatoms. The zero-order valence-electron chi connectivity index (χ0n) is 19.6. The molecule has 0 aliphatic carbocycles. The minimum atomic E-state index is -1.06. The normalized spacial score (nSPS) is 16.8. The first-order valence-electron chi connectivity index (χ1n) is 11.1. The molecule has 1 saturated heterocycles. The second kappa shape index (κ2) is 12.6. The largest absolute Gasteiger partial charge is 0.466 e. The van der Waals surface area contributed by atoms with Gasteiger partial charge in [0.25, 0.3) is 0 Å². The Morgan fingerprint density at radius 1 is 1.12 bits per heavy atom. The third-order valence-electron chi connectivity index (χ3n) is 5.52. The van der Waals surface area contributed by atoms with Gasteiger partial charge in [0.1, 0.15) is 17.1 Å². The highest BCUT2D eigenvalue weighted by molar-refractivity contribution is 14.0. The Hall–Kier alpha value is -1.62. The van der Waals surface area contributed by atoms with Crippen molar-refractivity contribution in [2.45, 2.75) is 46.4 Å². The molecule has 32 heavy (non-hydrogen) atoms. The molecule has 1 aromatic heterocycles. The van der Waals surface area contributed by atoms with Crippen LogP contribution in [0.1, 0.15) is 42.1 Å². The molecule has 3 N–H and O–H groups in total. The Morgan fingerprint density at radius 3 is 2.38 bits per heavy atom. The second-order valence-electron chi connectivity index (χ2n) is 8.35. The molecule has 2 heterocycles. The fraction of sp³-hybridized carbons (Fsp3) is 0.542. The third kappa shape index (κ3) is 7.75. The van der Waals surface area contributed by atoms with E-state index in [2.05, 4.69) is 44.8 Å². The first-order chi connectivity index (χ1) is 14.9. The van der Waals surface area contributed by atoms with E-state index in [9.17, 15) is 5.11 Å². The minimum Gasteiger partial charge on any atom is -0.466 e. The summed E-state index contributed by atoms with van der Waals surface area (Å²) in [7, 11) is 0. The van der Waals surface area contributed by atoms with E-state index < -0.39 is 5.60 Å². The number of nitrogens with zero attached hydrogens (tertiary/aromatic N) is 2. The Kier molecular flexibility index (Phi) is 10.5. The van der Waals surface area contributed by atoms with Crippen LogP contribution in [0.15, 0.2) is 39.7 Å². The highest BCUT2D eigenvalue weighted by Crippen LogP contribution is 2.26. The van der Waals surface area contributed by atoms with Gasteiger partial charge in [0.15, 0.2) is 5.96 Å². The van der Waals surface area contributed by atoms with Crippen molar-refractivity contribution in [3.63, 3.8) is 0 Å². The molecule has 0 bridgehead atoms. The Balaban J connectivity index is 0.00000363. The number of benzene rings is 1. The number of guanidine groups is 1. The first-order valence-corrected chi connectivity index (χ1v) is 11.1. The van der Waals surface area contributed by atoms with Crippen LogP contribution in [-0.2, 0) is 23.4 Å². The predicted molar refractivity (Wildman–Crippen MR) is 139 cm³/mol. The van der Waals surface area contributed by atoms with E-state index in [1.807, 2.05) is 26.8 Å². The summed E-state index contributed by atoms with van der Waals surface area (Å²) >= 11 is 0. The van der Waals surface area contributed by atoms with E-state index in [1.165, 1.54) is 5.56 Å². The molecule has 1 aliphatic rings. The molecule has 0 saturated carbocycles. The zero-order chi connectivity index (χ0) is 22.3. The van der Waals surface area contributed by atoms with Gasteiger partial charge in [-0.05, 0) is 44.9 Å². The van der Waals surface area contributed by atoms with E-state index in [1.54, 1.807) is 6.92 Å². The van der Waals surface area contributed by atoms with Crippen LogP contribution in [0.5, 0.6) is 0 Å². The maximum absolute atomic E-state index is 10.9. The molecular formula is C24H37IN4O3. The van der Waals surface area contributed by atoms with E-state index in [-0.39, 0.29) is 24.0 Å². The number of nitrogens with one attached hydrogen (secondary N) is 2. The number of aliphatic hydroxyl groups is 1. The van der Waals surface area contributed by atoms with Crippen molar-refractivity contribution >= 4 is 29.9 Å². The highest BCUT2D eigenvalue weighted by Gasteiger charge is 2.27. The fourth-order valence-corrected chi connectivity index (χ4v) is 3.80. The summed E-state index contributed by atoms with van der Waals surface area (Å²) < 4.78 is 11.0. The number of ether oxygens (including phenoxy) is 1. The Bertz CT molecular complexity index is 859. The van der Waals surface area contributed by atoms with Gasteiger partial charge in [-0.2, -0.15) is 0 Å². The quantitative estimate of drug-likeness (QED) is 0.263. The summed E-state index contributed by atoms with van der Waals surface area (Å²) in [6.07, 6.45) is 0. The van der Waals surface area contributed by atoms with E-state index >= 15 is 0 Å². The van der Waals surface area contributed by atoms with Gasteiger partial charge in [0, 0.05) is 31.7 Å². The number of aryl methyl sites for hydroxylation is 2. The van der Waals surface area contributed by atoms with Crippen LogP contribution in [-0.4, -0.2) is 55.4 Å². The molecule has 1 atom stereocenters. The zero-order valence-corrected chi connectivity index (χ0v) is 21.9. The van der Waals surface area contributed by atoms with Crippen LogP contribution in [0.25, 0.3) is 0 Å². The number of halogens is 1. The maximum atomic E-state index is 10.9. The van der Waals surface area contributed by atoms with Crippen LogP contribution in [0.3, 0.4) is 0 Å². The van der Waals surface area contributed by atoms with E-state index in [4.69, 9.17) is 9.15 Å². The van der Waals surface area contributed by atoms with Crippen molar-refractivity contribution in [1.29, 1.82) is 0 Å². The van der Waals surface area contributed by atoms with Crippen molar-refractivity contribution in [2.75, 3.05) is 39.4 Å². The number of hydrogen-bond acceptors (Lipinski definition) is 5. The molecule has 0 radical (unpaired) electrons. The minimum absolute atomic E-state index is 0. The molecule has 178 valence electrons.